The third-order valence-electron chi connectivity index (χ3n) is 1.95. The average Bonchev–Trinajstić information content (AvgIpc) is 2.28. The molecule has 1 rings (SSSR count). The molecule has 0 saturated carbocycles. The lowest BCUT2D eigenvalue weighted by atomic mass is 10.2. The average molecular weight is 234 g/mol. The molecule has 2 N–H and O–H groups in total. The van der Waals surface area contributed by atoms with Crippen molar-refractivity contribution in [3.05, 3.63) is 48.1 Å². The van der Waals surface area contributed by atoms with E-state index in [0.717, 1.165) is 6.07 Å². The Labute approximate surface area is 99.5 Å². The SMILES string of the molecule is C/C=C/C=C/COC(=O)c1ccc(O)cc1O. The lowest BCUT2D eigenvalue weighted by Crippen LogP contribution is -2.05. The molecule has 0 aromatic heterocycles. The van der Waals surface area contributed by atoms with Gasteiger partial charge in [-0.25, -0.2) is 4.79 Å². The van der Waals surface area contributed by atoms with Gasteiger partial charge < -0.3 is 14.9 Å². The molecule has 0 aliphatic heterocycles. The molecule has 0 bridgehead atoms. The Bertz CT molecular complexity index is 447. The third-order valence-corrected chi connectivity index (χ3v) is 1.95. The second-order valence-corrected chi connectivity index (χ2v) is 3.25. The van der Waals surface area contributed by atoms with Gasteiger partial charge in [0.05, 0.1) is 0 Å². The van der Waals surface area contributed by atoms with E-state index in [4.69, 9.17) is 9.84 Å². The Morgan fingerprint density at radius 1 is 1.35 bits per heavy atom. The maximum absolute atomic E-state index is 11.5. The predicted octanol–water partition coefficient (Wildman–Crippen LogP) is 2.39. The van der Waals surface area contributed by atoms with Gasteiger partial charge in [-0.05, 0) is 25.1 Å². The summed E-state index contributed by atoms with van der Waals surface area (Å²) in [5.41, 5.74) is 0.0298. The molecule has 0 fully saturated rings. The second kappa shape index (κ2) is 6.37. The first-order chi connectivity index (χ1) is 8.15. The van der Waals surface area contributed by atoms with Crippen molar-refractivity contribution in [3.8, 4) is 11.5 Å². The van der Waals surface area contributed by atoms with E-state index >= 15 is 0 Å². The van der Waals surface area contributed by atoms with Crippen molar-refractivity contribution in [2.45, 2.75) is 6.92 Å². The molecule has 0 saturated heterocycles. The van der Waals surface area contributed by atoms with Crippen LogP contribution in [0.2, 0.25) is 0 Å². The molecule has 0 heterocycles. The van der Waals surface area contributed by atoms with E-state index in [1.54, 1.807) is 12.2 Å². The number of carbonyl (C=O) groups excluding carboxylic acids is 1. The van der Waals surface area contributed by atoms with Gasteiger partial charge in [0.15, 0.2) is 0 Å². The van der Waals surface area contributed by atoms with E-state index in [-0.39, 0.29) is 23.7 Å². The normalized spacial score (nSPS) is 11.1. The van der Waals surface area contributed by atoms with E-state index in [2.05, 4.69) is 0 Å². The molecule has 0 unspecified atom stereocenters. The van der Waals surface area contributed by atoms with E-state index in [1.807, 2.05) is 19.1 Å². The van der Waals surface area contributed by atoms with Crippen LogP contribution in [-0.2, 0) is 4.74 Å². The summed E-state index contributed by atoms with van der Waals surface area (Å²) in [5, 5.41) is 18.5. The van der Waals surface area contributed by atoms with Crippen LogP contribution >= 0.6 is 0 Å². The van der Waals surface area contributed by atoms with Gasteiger partial charge in [0, 0.05) is 6.07 Å². The third kappa shape index (κ3) is 4.03. The first kappa shape index (κ1) is 12.8. The van der Waals surface area contributed by atoms with Gasteiger partial charge in [-0.15, -0.1) is 0 Å². The van der Waals surface area contributed by atoms with Gasteiger partial charge in [-0.1, -0.05) is 18.2 Å². The van der Waals surface area contributed by atoms with Crippen LogP contribution < -0.4 is 0 Å². The number of esters is 1. The maximum Gasteiger partial charge on any atom is 0.342 e. The van der Waals surface area contributed by atoms with Crippen molar-refractivity contribution in [1.29, 1.82) is 0 Å². The van der Waals surface area contributed by atoms with Crippen LogP contribution in [0.15, 0.2) is 42.5 Å². The molecular formula is C13H14O4. The minimum Gasteiger partial charge on any atom is -0.508 e. The molecule has 4 heteroatoms. The predicted molar refractivity (Wildman–Crippen MR) is 64.0 cm³/mol. The molecule has 17 heavy (non-hydrogen) atoms. The van der Waals surface area contributed by atoms with Crippen LogP contribution in [0.25, 0.3) is 0 Å². The highest BCUT2D eigenvalue weighted by atomic mass is 16.5. The quantitative estimate of drug-likeness (QED) is 0.620. The number of benzene rings is 1. The highest BCUT2D eigenvalue weighted by Crippen LogP contribution is 2.22. The molecule has 1 aromatic carbocycles. The Kier molecular flexibility index (Phi) is 4.81. The maximum atomic E-state index is 11.5. The summed E-state index contributed by atoms with van der Waals surface area (Å²) in [6, 6.07) is 3.71. The van der Waals surface area contributed by atoms with Crippen LogP contribution in [0.4, 0.5) is 0 Å². The van der Waals surface area contributed by atoms with E-state index < -0.39 is 5.97 Å². The zero-order valence-corrected chi connectivity index (χ0v) is 9.46. The highest BCUT2D eigenvalue weighted by Gasteiger charge is 2.12. The zero-order chi connectivity index (χ0) is 12.7. The van der Waals surface area contributed by atoms with Crippen LogP contribution in [0.1, 0.15) is 17.3 Å². The monoisotopic (exact) mass is 234 g/mol. The van der Waals surface area contributed by atoms with Crippen molar-refractivity contribution in [2.24, 2.45) is 0 Å². The van der Waals surface area contributed by atoms with E-state index in [9.17, 15) is 9.90 Å². The number of aromatic hydroxyl groups is 2. The Hall–Kier alpha value is -2.23. The summed E-state index contributed by atoms with van der Waals surface area (Å²) in [5.74, 6) is -1.04. The number of carbonyl (C=O) groups is 1. The molecule has 0 aliphatic rings. The van der Waals surface area contributed by atoms with Gasteiger partial charge in [0.1, 0.15) is 23.7 Å². The first-order valence-electron chi connectivity index (χ1n) is 5.12. The topological polar surface area (TPSA) is 66.8 Å². The summed E-state index contributed by atoms with van der Waals surface area (Å²) >= 11 is 0. The summed E-state index contributed by atoms with van der Waals surface area (Å²) < 4.78 is 4.89. The van der Waals surface area contributed by atoms with Crippen LogP contribution in [0, 0.1) is 0 Å². The Morgan fingerprint density at radius 3 is 2.76 bits per heavy atom. The van der Waals surface area contributed by atoms with Crippen LogP contribution in [-0.4, -0.2) is 22.8 Å². The summed E-state index contributed by atoms with van der Waals surface area (Å²) in [6.07, 6.45) is 7.09. The van der Waals surface area contributed by atoms with E-state index in [1.165, 1.54) is 12.1 Å². The van der Waals surface area contributed by atoms with Gasteiger partial charge in [-0.2, -0.15) is 0 Å². The second-order valence-electron chi connectivity index (χ2n) is 3.25. The smallest absolute Gasteiger partial charge is 0.342 e. The molecular weight excluding hydrogens is 220 g/mol. The van der Waals surface area contributed by atoms with Crippen molar-refractivity contribution in [2.75, 3.05) is 6.61 Å². The van der Waals surface area contributed by atoms with E-state index in [0.29, 0.717) is 0 Å². The fourth-order valence-corrected chi connectivity index (χ4v) is 1.14. The lowest BCUT2D eigenvalue weighted by Gasteiger charge is -2.04. The number of hydrogen-bond donors (Lipinski definition) is 2. The highest BCUT2D eigenvalue weighted by molar-refractivity contribution is 5.92. The van der Waals surface area contributed by atoms with Crippen molar-refractivity contribution in [3.63, 3.8) is 0 Å². The van der Waals surface area contributed by atoms with Gasteiger partial charge in [0.2, 0.25) is 0 Å². The van der Waals surface area contributed by atoms with Crippen molar-refractivity contribution in [1.82, 2.24) is 0 Å². The fraction of sp³-hybridized carbons (Fsp3) is 0.154. The first-order valence-corrected chi connectivity index (χ1v) is 5.12. The van der Waals surface area contributed by atoms with Gasteiger partial charge >= 0.3 is 5.97 Å². The number of phenolic OH excluding ortho intramolecular Hbond substituents is 2. The number of allylic oxidation sites excluding steroid dienone is 3. The molecule has 0 atom stereocenters. The minimum atomic E-state index is -0.632. The number of phenols is 2. The molecule has 0 radical (unpaired) electrons. The lowest BCUT2D eigenvalue weighted by molar-refractivity contribution is 0.0546. The fourth-order valence-electron chi connectivity index (χ4n) is 1.14. The molecule has 0 spiro atoms. The van der Waals surface area contributed by atoms with Crippen molar-refractivity contribution < 1.29 is 19.7 Å². The van der Waals surface area contributed by atoms with Gasteiger partial charge in [-0.3, -0.25) is 0 Å². The molecule has 90 valence electrons. The number of hydrogen-bond acceptors (Lipinski definition) is 4. The molecule has 1 aromatic rings. The van der Waals surface area contributed by atoms with Crippen LogP contribution in [0.5, 0.6) is 11.5 Å². The summed E-state index contributed by atoms with van der Waals surface area (Å²) in [6.45, 7) is 2.01. The zero-order valence-electron chi connectivity index (χ0n) is 9.46. The number of rotatable bonds is 4. The number of ether oxygens (including phenoxy) is 1. The summed E-state index contributed by atoms with van der Waals surface area (Å²) in [7, 11) is 0. The molecule has 4 nitrogen and oxygen atoms in total. The Balaban J connectivity index is 2.58. The van der Waals surface area contributed by atoms with Crippen LogP contribution in [0.3, 0.4) is 0 Å². The standard InChI is InChI=1S/C13H14O4/c1-2-3-4-5-8-17-13(16)11-7-6-10(14)9-12(11)15/h2-7,9,14-15H,8H2,1H3/b3-2+,5-4+. The largest absolute Gasteiger partial charge is 0.508 e. The Morgan fingerprint density at radius 2 is 2.12 bits per heavy atom. The minimum absolute atomic E-state index is 0.0298. The van der Waals surface area contributed by atoms with Crippen molar-refractivity contribution >= 4 is 5.97 Å². The molecule has 0 amide bonds. The van der Waals surface area contributed by atoms with Gasteiger partial charge in [0.25, 0.3) is 0 Å². The summed E-state index contributed by atoms with van der Waals surface area (Å²) in [4.78, 5) is 11.5. The molecule has 0 aliphatic carbocycles.